The first-order valence-electron chi connectivity index (χ1n) is 9.76. The minimum absolute atomic E-state index is 0.0941. The minimum Gasteiger partial charge on any atom is -0.379 e. The van der Waals surface area contributed by atoms with E-state index < -0.39 is 10.1 Å². The number of hydrogen-bond donors (Lipinski definition) is 1. The third-order valence-electron chi connectivity index (χ3n) is 4.67. The van der Waals surface area contributed by atoms with Gasteiger partial charge in [0.25, 0.3) is 0 Å². The molecule has 1 heterocycles. The lowest BCUT2D eigenvalue weighted by Gasteiger charge is -2.07. The van der Waals surface area contributed by atoms with Crippen LogP contribution < -0.4 is 9.50 Å². The second-order valence-corrected chi connectivity index (χ2v) is 8.76. The minimum atomic E-state index is -3.91. The van der Waals surface area contributed by atoms with Crippen molar-refractivity contribution in [3.05, 3.63) is 84.4 Å². The molecule has 0 aliphatic heterocycles. The van der Waals surface area contributed by atoms with Gasteiger partial charge in [0, 0.05) is 29.8 Å². The lowest BCUT2D eigenvalue weighted by atomic mass is 10.1. The number of benzene rings is 3. The molecule has 4 rings (SSSR count). The van der Waals surface area contributed by atoms with Gasteiger partial charge in [-0.2, -0.15) is 8.42 Å². The van der Waals surface area contributed by atoms with Crippen LogP contribution in [0.2, 0.25) is 0 Å². The monoisotopic (exact) mass is 448 g/mol. The summed E-state index contributed by atoms with van der Waals surface area (Å²) >= 11 is 0. The molecule has 0 saturated heterocycles. The zero-order chi connectivity index (χ0) is 22.7. The number of amides is 1. The molecule has 0 aliphatic rings. The Hall–Kier alpha value is -3.91. The van der Waals surface area contributed by atoms with Crippen LogP contribution >= 0.6 is 0 Å². The fraction of sp³-hybridized carbons (Fsp3) is 0.0833. The topological polar surface area (TPSA) is 98.5 Å². The highest BCUT2D eigenvalue weighted by atomic mass is 32.2. The van der Waals surface area contributed by atoms with E-state index in [1.165, 1.54) is 19.1 Å². The molecule has 1 amide bonds. The Balaban J connectivity index is 1.48. The van der Waals surface area contributed by atoms with E-state index in [4.69, 9.17) is 8.71 Å². The average molecular weight is 449 g/mol. The number of aromatic nitrogens is 1. The standard InChI is InChI=1S/C24H20N2O5S/c1-16-3-13-22(14-4-16)32(28,29)31-21-11-7-19(8-12-21)24-15-23(26-30-24)18-5-9-20(10-6-18)25-17(2)27/h3-15H,1-2H3,(H,25,27). The van der Waals surface area contributed by atoms with Crippen LogP contribution in [0.3, 0.4) is 0 Å². The summed E-state index contributed by atoms with van der Waals surface area (Å²) in [5, 5.41) is 6.80. The first kappa shape index (κ1) is 21.3. The Kier molecular flexibility index (Phi) is 5.79. The van der Waals surface area contributed by atoms with Gasteiger partial charge < -0.3 is 14.0 Å². The SMILES string of the molecule is CC(=O)Nc1ccc(-c2cc(-c3ccc(OS(=O)(=O)c4ccc(C)cc4)cc3)on2)cc1. The van der Waals surface area contributed by atoms with E-state index in [1.807, 2.05) is 19.1 Å². The van der Waals surface area contributed by atoms with E-state index in [9.17, 15) is 13.2 Å². The lowest BCUT2D eigenvalue weighted by molar-refractivity contribution is -0.114. The lowest BCUT2D eigenvalue weighted by Crippen LogP contribution is -2.09. The fourth-order valence-corrected chi connectivity index (χ4v) is 3.96. The molecular formula is C24H20N2O5S. The molecule has 0 atom stereocenters. The summed E-state index contributed by atoms with van der Waals surface area (Å²) in [4.78, 5) is 11.2. The maximum Gasteiger partial charge on any atom is 0.339 e. The molecule has 0 saturated carbocycles. The molecule has 0 bridgehead atoms. The van der Waals surface area contributed by atoms with Crippen LogP contribution in [0.1, 0.15) is 12.5 Å². The van der Waals surface area contributed by atoms with E-state index >= 15 is 0 Å². The van der Waals surface area contributed by atoms with Gasteiger partial charge in [0.2, 0.25) is 5.91 Å². The molecule has 0 radical (unpaired) electrons. The summed E-state index contributed by atoms with van der Waals surface area (Å²) in [5.74, 6) is 0.585. The molecular weight excluding hydrogens is 428 g/mol. The fourth-order valence-electron chi connectivity index (χ4n) is 3.03. The first-order valence-corrected chi connectivity index (χ1v) is 11.2. The predicted molar refractivity (Wildman–Crippen MR) is 121 cm³/mol. The Bertz CT molecular complexity index is 1340. The molecule has 7 nitrogen and oxygen atoms in total. The van der Waals surface area contributed by atoms with Gasteiger partial charge in [0.05, 0.1) is 0 Å². The maximum atomic E-state index is 12.4. The smallest absolute Gasteiger partial charge is 0.339 e. The molecule has 1 aromatic heterocycles. The molecule has 0 fully saturated rings. The molecule has 3 aromatic carbocycles. The maximum absolute atomic E-state index is 12.4. The first-order chi connectivity index (χ1) is 15.3. The van der Waals surface area contributed by atoms with E-state index in [0.717, 1.165) is 16.7 Å². The van der Waals surface area contributed by atoms with E-state index in [0.29, 0.717) is 17.1 Å². The third-order valence-corrected chi connectivity index (χ3v) is 5.93. The summed E-state index contributed by atoms with van der Waals surface area (Å²) in [6, 6.07) is 22.0. The van der Waals surface area contributed by atoms with Gasteiger partial charge in [-0.3, -0.25) is 4.79 Å². The normalized spacial score (nSPS) is 11.2. The van der Waals surface area contributed by atoms with Crippen molar-refractivity contribution in [1.29, 1.82) is 0 Å². The number of carbonyl (C=O) groups is 1. The number of rotatable bonds is 6. The average Bonchev–Trinajstić information content (AvgIpc) is 3.25. The van der Waals surface area contributed by atoms with Crippen molar-refractivity contribution in [3.8, 4) is 28.3 Å². The van der Waals surface area contributed by atoms with Gasteiger partial charge in [0.15, 0.2) is 5.76 Å². The van der Waals surface area contributed by atoms with E-state index in [1.54, 1.807) is 54.6 Å². The van der Waals surface area contributed by atoms with Gasteiger partial charge in [0.1, 0.15) is 16.3 Å². The zero-order valence-corrected chi connectivity index (χ0v) is 18.2. The van der Waals surface area contributed by atoms with Gasteiger partial charge in [-0.15, -0.1) is 0 Å². The van der Waals surface area contributed by atoms with Crippen molar-refractivity contribution >= 4 is 21.7 Å². The predicted octanol–water partition coefficient (Wildman–Crippen LogP) is 5.04. The summed E-state index contributed by atoms with van der Waals surface area (Å²) in [6.07, 6.45) is 0. The largest absolute Gasteiger partial charge is 0.379 e. The summed E-state index contributed by atoms with van der Waals surface area (Å²) < 4.78 is 35.5. The van der Waals surface area contributed by atoms with Gasteiger partial charge in [-0.25, -0.2) is 0 Å². The molecule has 162 valence electrons. The Labute approximate surface area is 185 Å². The van der Waals surface area contributed by atoms with E-state index in [2.05, 4.69) is 10.5 Å². The van der Waals surface area contributed by atoms with Gasteiger partial charge in [-0.1, -0.05) is 35.0 Å². The number of nitrogens with zero attached hydrogens (tertiary/aromatic N) is 1. The highest BCUT2D eigenvalue weighted by Gasteiger charge is 2.17. The van der Waals surface area contributed by atoms with Crippen LogP contribution in [0.4, 0.5) is 5.69 Å². The van der Waals surface area contributed by atoms with Crippen molar-refractivity contribution in [2.45, 2.75) is 18.7 Å². The quantitative estimate of drug-likeness (QED) is 0.415. The summed E-state index contributed by atoms with van der Waals surface area (Å²) in [7, 11) is -3.91. The second kappa shape index (κ2) is 8.68. The van der Waals surface area contributed by atoms with Crippen molar-refractivity contribution in [3.63, 3.8) is 0 Å². The summed E-state index contributed by atoms with van der Waals surface area (Å²) in [5.41, 5.74) is 3.85. The molecule has 4 aromatic rings. The van der Waals surface area contributed by atoms with Crippen molar-refractivity contribution in [2.75, 3.05) is 5.32 Å². The molecule has 1 N–H and O–H groups in total. The Morgan fingerprint density at radius 3 is 2.16 bits per heavy atom. The van der Waals surface area contributed by atoms with Gasteiger partial charge in [-0.05, 0) is 55.5 Å². The van der Waals surface area contributed by atoms with E-state index in [-0.39, 0.29) is 16.6 Å². The van der Waals surface area contributed by atoms with Crippen LogP contribution in [-0.4, -0.2) is 19.5 Å². The zero-order valence-electron chi connectivity index (χ0n) is 17.4. The highest BCUT2D eigenvalue weighted by Crippen LogP contribution is 2.29. The second-order valence-electron chi connectivity index (χ2n) is 7.21. The number of aryl methyl sites for hydroxylation is 1. The number of hydrogen-bond acceptors (Lipinski definition) is 6. The number of nitrogens with one attached hydrogen (secondary N) is 1. The van der Waals surface area contributed by atoms with Crippen LogP contribution in [0, 0.1) is 6.92 Å². The molecule has 0 unspecified atom stereocenters. The van der Waals surface area contributed by atoms with Crippen LogP contribution in [-0.2, 0) is 14.9 Å². The third kappa shape index (κ3) is 4.87. The molecule has 0 spiro atoms. The molecule has 0 aliphatic carbocycles. The van der Waals surface area contributed by atoms with Crippen LogP contribution in [0.15, 0.2) is 88.3 Å². The van der Waals surface area contributed by atoms with Gasteiger partial charge >= 0.3 is 10.1 Å². The number of anilines is 1. The molecule has 32 heavy (non-hydrogen) atoms. The van der Waals surface area contributed by atoms with Crippen molar-refractivity contribution in [1.82, 2.24) is 5.16 Å². The molecule has 8 heteroatoms. The Morgan fingerprint density at radius 2 is 1.53 bits per heavy atom. The highest BCUT2D eigenvalue weighted by molar-refractivity contribution is 7.87. The Morgan fingerprint density at radius 1 is 0.906 bits per heavy atom. The summed E-state index contributed by atoms with van der Waals surface area (Å²) in [6.45, 7) is 3.33. The van der Waals surface area contributed by atoms with Crippen LogP contribution in [0.25, 0.3) is 22.6 Å². The number of carbonyl (C=O) groups excluding carboxylic acids is 1. The van der Waals surface area contributed by atoms with Crippen LogP contribution in [0.5, 0.6) is 5.75 Å². The van der Waals surface area contributed by atoms with Crippen molar-refractivity contribution < 1.29 is 21.9 Å². The van der Waals surface area contributed by atoms with Crippen molar-refractivity contribution in [2.24, 2.45) is 0 Å².